The van der Waals surface area contributed by atoms with Gasteiger partial charge in [0.15, 0.2) is 11.6 Å². The number of unbranched alkanes of at least 4 members (excludes halogenated alkanes) is 5. The Morgan fingerprint density at radius 2 is 1.50 bits per heavy atom. The minimum Gasteiger partial charge on any atom is -0.490 e. The van der Waals surface area contributed by atoms with Crippen LogP contribution in [0.25, 0.3) is 11.4 Å². The fourth-order valence-corrected chi connectivity index (χ4v) is 3.71. The van der Waals surface area contributed by atoms with Crippen LogP contribution in [0.2, 0.25) is 0 Å². The molecule has 5 heteroatoms. The first kappa shape index (κ1) is 26.2. The number of aliphatic hydroxyl groups excluding tert-OH is 1. The molecule has 0 spiro atoms. The molecule has 1 N–H and O–H groups in total. The summed E-state index contributed by atoms with van der Waals surface area (Å²) in [5.74, 6) is 1.25. The van der Waals surface area contributed by atoms with Crippen molar-refractivity contribution in [3.8, 4) is 17.1 Å². The number of nitrogens with zero attached hydrogens (tertiary/aromatic N) is 2. The molecule has 2 atom stereocenters. The molecule has 1 heterocycles. The van der Waals surface area contributed by atoms with Gasteiger partial charge in [0.25, 0.3) is 0 Å². The quantitative estimate of drug-likeness (QED) is 0.265. The summed E-state index contributed by atoms with van der Waals surface area (Å²) in [5, 5.41) is 9.96. The summed E-state index contributed by atoms with van der Waals surface area (Å²) >= 11 is 0. The highest BCUT2D eigenvalue weighted by atomic mass is 19.1. The summed E-state index contributed by atoms with van der Waals surface area (Å²) in [4.78, 5) is 8.80. The molecule has 32 heavy (non-hydrogen) atoms. The first-order valence-corrected chi connectivity index (χ1v) is 12.5. The van der Waals surface area contributed by atoms with Crippen molar-refractivity contribution in [2.45, 2.75) is 103 Å². The Hall–Kier alpha value is -2.01. The van der Waals surface area contributed by atoms with E-state index in [-0.39, 0.29) is 6.10 Å². The lowest BCUT2D eigenvalue weighted by Crippen LogP contribution is -2.12. The van der Waals surface area contributed by atoms with Crippen LogP contribution in [0.1, 0.15) is 90.0 Å². The highest BCUT2D eigenvalue weighted by Gasteiger charge is 2.08. The van der Waals surface area contributed by atoms with Crippen LogP contribution in [-0.2, 0) is 6.42 Å². The first-order chi connectivity index (χ1) is 15.6. The SMILES string of the molecule is CCCCCC[C@@H](F)CCc1ccc(-c2ncc(OCC[C@H](O)CCCCC)cn2)cc1. The molecule has 4 nitrogen and oxygen atoms in total. The summed E-state index contributed by atoms with van der Waals surface area (Å²) < 4.78 is 19.7. The average Bonchev–Trinajstić information content (AvgIpc) is 2.81. The lowest BCUT2D eigenvalue weighted by Gasteiger charge is -2.11. The number of aryl methyl sites for hydroxylation is 1. The molecule has 0 radical (unpaired) electrons. The molecule has 0 aliphatic carbocycles. The third-order valence-electron chi connectivity index (χ3n) is 5.82. The zero-order valence-electron chi connectivity index (χ0n) is 19.9. The van der Waals surface area contributed by atoms with Crippen LogP contribution in [0.4, 0.5) is 4.39 Å². The summed E-state index contributed by atoms with van der Waals surface area (Å²) in [6, 6.07) is 8.05. The Kier molecular flexibility index (Phi) is 12.9. The summed E-state index contributed by atoms with van der Waals surface area (Å²) in [5.41, 5.74) is 2.07. The van der Waals surface area contributed by atoms with Gasteiger partial charge in [0.2, 0.25) is 0 Å². The van der Waals surface area contributed by atoms with E-state index in [4.69, 9.17) is 4.74 Å². The van der Waals surface area contributed by atoms with Gasteiger partial charge in [-0.15, -0.1) is 0 Å². The van der Waals surface area contributed by atoms with E-state index >= 15 is 0 Å². The van der Waals surface area contributed by atoms with E-state index in [9.17, 15) is 9.50 Å². The van der Waals surface area contributed by atoms with Crippen molar-refractivity contribution in [2.24, 2.45) is 0 Å². The Balaban J connectivity index is 1.72. The number of aromatic nitrogens is 2. The average molecular weight is 445 g/mol. The second-order valence-corrected chi connectivity index (χ2v) is 8.71. The van der Waals surface area contributed by atoms with Gasteiger partial charge in [0, 0.05) is 12.0 Å². The lowest BCUT2D eigenvalue weighted by atomic mass is 10.0. The Labute approximate surface area is 193 Å². The first-order valence-electron chi connectivity index (χ1n) is 12.5. The van der Waals surface area contributed by atoms with E-state index in [1.54, 1.807) is 12.4 Å². The van der Waals surface area contributed by atoms with E-state index in [1.165, 1.54) is 12.8 Å². The zero-order valence-corrected chi connectivity index (χ0v) is 19.9. The lowest BCUT2D eigenvalue weighted by molar-refractivity contribution is 0.128. The standard InChI is InChI=1S/C27H41FN2O2/c1-3-5-7-9-10-24(28)17-14-22-12-15-23(16-13-22)27-29-20-26(21-30-27)32-19-18-25(31)11-8-6-4-2/h12-13,15-16,20-21,24-25,31H,3-11,14,17-19H2,1-2H3/t24-,25-/m1/s1. The van der Waals surface area contributed by atoms with Crippen LogP contribution >= 0.6 is 0 Å². The Morgan fingerprint density at radius 1 is 0.844 bits per heavy atom. The minimum absolute atomic E-state index is 0.311. The summed E-state index contributed by atoms with van der Waals surface area (Å²) in [6.07, 6.45) is 13.7. The van der Waals surface area contributed by atoms with Crippen LogP contribution in [-0.4, -0.2) is 34.0 Å². The van der Waals surface area contributed by atoms with Gasteiger partial charge in [-0.2, -0.15) is 0 Å². The molecule has 0 amide bonds. The van der Waals surface area contributed by atoms with E-state index in [1.807, 2.05) is 24.3 Å². The normalized spacial score (nSPS) is 13.1. The van der Waals surface area contributed by atoms with Gasteiger partial charge in [-0.25, -0.2) is 14.4 Å². The number of benzene rings is 1. The Bertz CT molecular complexity index is 721. The van der Waals surface area contributed by atoms with Crippen molar-refractivity contribution in [3.63, 3.8) is 0 Å². The second-order valence-electron chi connectivity index (χ2n) is 8.71. The molecule has 1 aromatic heterocycles. The van der Waals surface area contributed by atoms with Crippen LogP contribution in [0.3, 0.4) is 0 Å². The van der Waals surface area contributed by atoms with E-state index in [2.05, 4.69) is 23.8 Å². The molecule has 0 aliphatic heterocycles. The molecule has 1 aromatic carbocycles. The molecule has 0 aliphatic rings. The molecule has 0 bridgehead atoms. The number of aliphatic hydroxyl groups is 1. The largest absolute Gasteiger partial charge is 0.490 e. The number of rotatable bonds is 17. The fourth-order valence-electron chi connectivity index (χ4n) is 3.71. The molecule has 2 rings (SSSR count). The van der Waals surface area contributed by atoms with Crippen LogP contribution in [0.5, 0.6) is 5.75 Å². The van der Waals surface area contributed by atoms with Gasteiger partial charge >= 0.3 is 0 Å². The van der Waals surface area contributed by atoms with Crippen molar-refractivity contribution in [3.05, 3.63) is 42.2 Å². The van der Waals surface area contributed by atoms with Crippen molar-refractivity contribution in [1.29, 1.82) is 0 Å². The summed E-state index contributed by atoms with van der Waals surface area (Å²) in [7, 11) is 0. The van der Waals surface area contributed by atoms with Crippen molar-refractivity contribution >= 4 is 0 Å². The molecule has 0 saturated carbocycles. The Morgan fingerprint density at radius 3 is 2.19 bits per heavy atom. The fraction of sp³-hybridized carbons (Fsp3) is 0.630. The third kappa shape index (κ3) is 10.5. The molecule has 0 unspecified atom stereocenters. The monoisotopic (exact) mass is 444 g/mol. The predicted molar refractivity (Wildman–Crippen MR) is 130 cm³/mol. The second kappa shape index (κ2) is 15.7. The number of ether oxygens (including phenoxy) is 1. The highest BCUT2D eigenvalue weighted by Crippen LogP contribution is 2.20. The van der Waals surface area contributed by atoms with Gasteiger partial charge in [0.1, 0.15) is 6.17 Å². The van der Waals surface area contributed by atoms with Crippen LogP contribution < -0.4 is 4.74 Å². The van der Waals surface area contributed by atoms with E-state index < -0.39 is 6.17 Å². The minimum atomic E-state index is -0.708. The van der Waals surface area contributed by atoms with E-state index in [0.717, 1.165) is 56.1 Å². The molecule has 0 saturated heterocycles. The van der Waals surface area contributed by atoms with E-state index in [0.29, 0.717) is 37.4 Å². The maximum Gasteiger partial charge on any atom is 0.159 e. The van der Waals surface area contributed by atoms with Gasteiger partial charge in [0.05, 0.1) is 25.1 Å². The van der Waals surface area contributed by atoms with Crippen molar-refractivity contribution in [2.75, 3.05) is 6.61 Å². The third-order valence-corrected chi connectivity index (χ3v) is 5.82. The number of halogens is 1. The molecule has 178 valence electrons. The van der Waals surface area contributed by atoms with Gasteiger partial charge in [-0.3, -0.25) is 0 Å². The van der Waals surface area contributed by atoms with Gasteiger partial charge in [-0.1, -0.05) is 83.1 Å². The molecule has 0 fully saturated rings. The maximum atomic E-state index is 14.1. The maximum absolute atomic E-state index is 14.1. The predicted octanol–water partition coefficient (Wildman–Crippen LogP) is 7.09. The number of hydrogen-bond acceptors (Lipinski definition) is 4. The van der Waals surface area contributed by atoms with Crippen LogP contribution in [0, 0.1) is 0 Å². The van der Waals surface area contributed by atoms with Crippen molar-refractivity contribution in [1.82, 2.24) is 9.97 Å². The number of hydrogen-bond donors (Lipinski definition) is 1. The van der Waals surface area contributed by atoms with Crippen LogP contribution in [0.15, 0.2) is 36.7 Å². The smallest absolute Gasteiger partial charge is 0.159 e. The molecule has 2 aromatic rings. The molecular weight excluding hydrogens is 403 g/mol. The zero-order chi connectivity index (χ0) is 23.0. The van der Waals surface area contributed by atoms with Crippen molar-refractivity contribution < 1.29 is 14.2 Å². The van der Waals surface area contributed by atoms with Gasteiger partial charge in [-0.05, 0) is 31.2 Å². The highest BCUT2D eigenvalue weighted by molar-refractivity contribution is 5.55. The summed E-state index contributed by atoms with van der Waals surface area (Å²) in [6.45, 7) is 4.79. The number of alkyl halides is 1. The topological polar surface area (TPSA) is 55.2 Å². The molecular formula is C27H41FN2O2. The van der Waals surface area contributed by atoms with Gasteiger partial charge < -0.3 is 9.84 Å².